The maximum Gasteiger partial charge on any atom is 0.313 e. The van der Waals surface area contributed by atoms with Gasteiger partial charge in [-0.25, -0.2) is 0 Å². The lowest BCUT2D eigenvalue weighted by Crippen LogP contribution is -3.00. The van der Waals surface area contributed by atoms with Gasteiger partial charge in [-0.2, -0.15) is 4.37 Å². The van der Waals surface area contributed by atoms with Crippen LogP contribution in [0.2, 0.25) is 0 Å². The van der Waals surface area contributed by atoms with Crippen LogP contribution in [0.4, 0.5) is 0 Å². The van der Waals surface area contributed by atoms with Crippen LogP contribution in [0, 0.1) is 11.8 Å². The molecule has 0 saturated carbocycles. The van der Waals surface area contributed by atoms with Gasteiger partial charge in [0.1, 0.15) is 12.2 Å². The average Bonchev–Trinajstić information content (AvgIpc) is 3.72. The first kappa shape index (κ1) is 54.5. The molecule has 0 radical (unpaired) electrons. The molecule has 0 amide bonds. The second-order valence-electron chi connectivity index (χ2n) is 17.0. The zero-order valence-electron chi connectivity index (χ0n) is 37.4. The van der Waals surface area contributed by atoms with Crippen LogP contribution in [0.3, 0.4) is 0 Å². The van der Waals surface area contributed by atoms with Gasteiger partial charge in [-0.15, -0.1) is 4.37 Å². The molecule has 0 aliphatic carbocycles. The number of carbonyl (C=O) groups excluding carboxylic acids is 2. The fourth-order valence-electron chi connectivity index (χ4n) is 8.07. The molecule has 0 N–H and O–H groups in total. The summed E-state index contributed by atoms with van der Waals surface area (Å²) in [6, 6.07) is 0. The Labute approximate surface area is 393 Å². The summed E-state index contributed by atoms with van der Waals surface area (Å²) in [6.45, 7) is 11.8. The molecule has 59 heavy (non-hydrogen) atoms. The molecule has 1 aromatic rings. The summed E-state index contributed by atoms with van der Waals surface area (Å²) >= 11 is 3.47. The molecule has 13 heteroatoms. The summed E-state index contributed by atoms with van der Waals surface area (Å²) in [6.07, 6.45) is 30.7. The van der Waals surface area contributed by atoms with Gasteiger partial charge in [0, 0.05) is 44.8 Å². The van der Waals surface area contributed by atoms with Gasteiger partial charge < -0.3 is 47.7 Å². The Hall–Kier alpha value is -0.620. The number of unbranched alkanes of at least 4 members (excludes halogenated alkanes) is 15. The molecule has 0 bridgehead atoms. The number of rotatable bonds is 28. The number of ether oxygens (including phenoxy) is 5. The van der Waals surface area contributed by atoms with Gasteiger partial charge in [-0.3, -0.25) is 14.1 Å². The number of hydrogen-bond acceptors (Lipinski definition) is 10. The third-order valence-electron chi connectivity index (χ3n) is 12.0. The quantitative estimate of drug-likeness (QED) is 0.0268. The molecule has 1 aromatic heterocycles. The fraction of sp³-hybridized carbons (Fsp3) is 0.870. The van der Waals surface area contributed by atoms with E-state index in [1.54, 1.807) is 0 Å². The number of carbonyl (C=O) groups is 2. The van der Waals surface area contributed by atoms with Gasteiger partial charge in [0.2, 0.25) is 6.23 Å². The highest BCUT2D eigenvalue weighted by Gasteiger charge is 2.40. The van der Waals surface area contributed by atoms with Crippen molar-refractivity contribution in [2.75, 3.05) is 53.2 Å². The first-order valence-corrected chi connectivity index (χ1v) is 25.5. The van der Waals surface area contributed by atoms with E-state index in [1.165, 1.54) is 120 Å². The van der Waals surface area contributed by atoms with Crippen LogP contribution < -0.4 is 28.7 Å². The summed E-state index contributed by atoms with van der Waals surface area (Å²) in [7, 11) is 2.25. The highest BCUT2D eigenvalue weighted by molar-refractivity contribution is 14.1. The van der Waals surface area contributed by atoms with E-state index in [1.807, 2.05) is 0 Å². The molecule has 2 fully saturated rings. The smallest absolute Gasteiger partial charge is 0.313 e. The van der Waals surface area contributed by atoms with Crippen molar-refractivity contribution >= 4 is 51.8 Å². The normalized spacial score (nSPS) is 19.7. The number of alkyl halides is 1. The minimum atomic E-state index is -0.144. The highest BCUT2D eigenvalue weighted by atomic mass is 127. The summed E-state index contributed by atoms with van der Waals surface area (Å²) in [5.74, 6) is 0.630. The van der Waals surface area contributed by atoms with Crippen molar-refractivity contribution < 1.29 is 61.7 Å². The predicted octanol–water partition coefficient (Wildman–Crippen LogP) is 9.03. The van der Waals surface area contributed by atoms with Crippen molar-refractivity contribution in [3.8, 4) is 5.88 Å². The van der Waals surface area contributed by atoms with Crippen molar-refractivity contribution in [2.24, 2.45) is 11.8 Å². The molecular formula is C46H81I2N3O7S. The Bertz CT molecular complexity index is 1260. The Morgan fingerprint density at radius 2 is 1.22 bits per heavy atom. The topological polar surface area (TPSA) is 106 Å². The van der Waals surface area contributed by atoms with Crippen LogP contribution in [-0.2, 0) is 28.5 Å². The van der Waals surface area contributed by atoms with Gasteiger partial charge in [0.15, 0.2) is 4.11 Å². The van der Waals surface area contributed by atoms with E-state index in [9.17, 15) is 9.59 Å². The maximum atomic E-state index is 13.2. The van der Waals surface area contributed by atoms with E-state index < -0.39 is 0 Å². The number of hydrogen-bond donors (Lipinski definition) is 0. The molecule has 3 unspecified atom stereocenters. The molecule has 3 aliphatic heterocycles. The van der Waals surface area contributed by atoms with Gasteiger partial charge in [0.25, 0.3) is 5.88 Å². The van der Waals surface area contributed by atoms with E-state index >= 15 is 0 Å². The third-order valence-corrected chi connectivity index (χ3v) is 13.3. The first-order chi connectivity index (χ1) is 28.3. The van der Waals surface area contributed by atoms with Crippen molar-refractivity contribution in [1.29, 1.82) is 0 Å². The fourth-order valence-corrected chi connectivity index (χ4v) is 9.29. The molecular weight excluding hydrogens is 992 g/mol. The van der Waals surface area contributed by atoms with Crippen LogP contribution >= 0.6 is 34.3 Å². The number of aromatic nitrogens is 2. The predicted molar refractivity (Wildman–Crippen MR) is 244 cm³/mol. The standard InChI is InChI=1S/C30H52N3O4S.C16H29IO3.HI/c1-4-6-8-10-11-12-13-17-27(37-30(34)25-18-22-35-23-19-25)33(3)20-15-16-26(24-33)28-29(32-38-31-28)36-21-14-9-7-5-2;1-2-3-4-5-6-7-8-9-15(17)20-16(18)14-10-12-19-13-11-14;/h16,25,27H,4-15,17-24H2,1-3H3;14-15H,2-13H2,1H3;1H/q+1;;/p-1. The number of esters is 2. The molecule has 342 valence electrons. The van der Waals surface area contributed by atoms with Crippen molar-refractivity contribution in [2.45, 2.75) is 192 Å². The zero-order chi connectivity index (χ0) is 41.7. The summed E-state index contributed by atoms with van der Waals surface area (Å²) < 4.78 is 38.5. The lowest BCUT2D eigenvalue weighted by Gasteiger charge is -2.43. The SMILES string of the molecule is CCCCCCCCCC(I)OC(=O)C1CCOCC1.CCCCCCCCCC(OC(=O)C1CCOCC1)[N+]1(C)CCC=C(c2nsnc2OCCCCCC)C1.[I-]. The minimum absolute atomic E-state index is 0. The average molecular weight is 1070 g/mol. The summed E-state index contributed by atoms with van der Waals surface area (Å²) in [5.41, 5.74) is 2.04. The van der Waals surface area contributed by atoms with Crippen LogP contribution in [0.5, 0.6) is 5.88 Å². The molecule has 4 rings (SSSR count). The zero-order valence-corrected chi connectivity index (χ0v) is 42.5. The second kappa shape index (κ2) is 33.9. The Morgan fingerprint density at radius 1 is 0.729 bits per heavy atom. The molecule has 2 saturated heterocycles. The van der Waals surface area contributed by atoms with E-state index in [2.05, 4.69) is 65.2 Å². The Morgan fingerprint density at radius 3 is 1.78 bits per heavy atom. The number of quaternary nitrogens is 1. The number of nitrogens with zero attached hydrogens (tertiary/aromatic N) is 3. The highest BCUT2D eigenvalue weighted by Crippen LogP contribution is 2.34. The van der Waals surface area contributed by atoms with E-state index in [0.29, 0.717) is 43.4 Å². The second-order valence-corrected chi connectivity index (χ2v) is 19.0. The van der Waals surface area contributed by atoms with Crippen LogP contribution in [0.1, 0.15) is 187 Å². The maximum absolute atomic E-state index is 13.2. The summed E-state index contributed by atoms with van der Waals surface area (Å²) in [4.78, 5) is 25.1. The van der Waals surface area contributed by atoms with Gasteiger partial charge >= 0.3 is 11.9 Å². The molecule has 0 spiro atoms. The van der Waals surface area contributed by atoms with Crippen molar-refractivity contribution in [1.82, 2.24) is 8.75 Å². The molecule has 3 aliphatic rings. The summed E-state index contributed by atoms with van der Waals surface area (Å²) in [5, 5.41) is 0. The molecule has 3 atom stereocenters. The largest absolute Gasteiger partial charge is 1.00 e. The monoisotopic (exact) mass is 1070 g/mol. The van der Waals surface area contributed by atoms with Crippen molar-refractivity contribution in [3.05, 3.63) is 11.8 Å². The van der Waals surface area contributed by atoms with Crippen LogP contribution in [0.15, 0.2) is 6.08 Å². The third kappa shape index (κ3) is 22.5. The molecule has 4 heterocycles. The molecule has 10 nitrogen and oxygen atoms in total. The Kier molecular flexibility index (Phi) is 31.3. The van der Waals surface area contributed by atoms with Gasteiger partial charge in [-0.05, 0) is 74.0 Å². The minimum Gasteiger partial charge on any atom is -1.00 e. The van der Waals surface area contributed by atoms with Gasteiger partial charge in [-0.1, -0.05) is 123 Å². The molecule has 0 aromatic carbocycles. The lowest BCUT2D eigenvalue weighted by molar-refractivity contribution is -0.947. The number of likely N-dealkylation sites (N-methyl/N-ethyl adjacent to an activating group) is 1. The Balaban J connectivity index is 0.000000484. The lowest BCUT2D eigenvalue weighted by atomic mass is 10.00. The van der Waals surface area contributed by atoms with Crippen molar-refractivity contribution in [3.63, 3.8) is 0 Å². The van der Waals surface area contributed by atoms with E-state index in [0.717, 1.165) is 76.6 Å². The van der Waals surface area contributed by atoms with Crippen LogP contribution in [0.25, 0.3) is 5.57 Å². The van der Waals surface area contributed by atoms with E-state index in [-0.39, 0.29) is 58.1 Å². The van der Waals surface area contributed by atoms with Crippen LogP contribution in [-0.4, -0.2) is 88.7 Å². The number of halogens is 2. The first-order valence-electron chi connectivity index (χ1n) is 23.5. The van der Waals surface area contributed by atoms with E-state index in [4.69, 9.17) is 23.7 Å². The van der Waals surface area contributed by atoms with Gasteiger partial charge in [0.05, 0.1) is 43.8 Å².